The monoisotopic (exact) mass is 739 g/mol. The second-order valence-corrected chi connectivity index (χ2v) is 14.9. The van der Waals surface area contributed by atoms with E-state index in [1.54, 1.807) is 0 Å². The quantitative estimate of drug-likeness (QED) is 0.162. The Bertz CT molecular complexity index is 3260. The Morgan fingerprint density at radius 3 is 1.59 bits per heavy atom. The maximum atomic E-state index is 6.42. The Morgan fingerprint density at radius 1 is 0.276 bits per heavy atom. The second-order valence-electron chi connectivity index (χ2n) is 14.9. The van der Waals surface area contributed by atoms with Gasteiger partial charge in [-0.2, -0.15) is 0 Å². The van der Waals surface area contributed by atoms with E-state index in [-0.39, 0.29) is 0 Å². The molecule has 10 aromatic carbocycles. The van der Waals surface area contributed by atoms with Crippen molar-refractivity contribution in [3.8, 4) is 44.5 Å². The van der Waals surface area contributed by atoms with E-state index in [9.17, 15) is 0 Å². The molecule has 2 nitrogen and oxygen atoms in total. The van der Waals surface area contributed by atoms with Gasteiger partial charge in [-0.25, -0.2) is 0 Å². The highest BCUT2D eigenvalue weighted by Crippen LogP contribution is 2.41. The van der Waals surface area contributed by atoms with Crippen LogP contribution >= 0.6 is 0 Å². The molecule has 58 heavy (non-hydrogen) atoms. The van der Waals surface area contributed by atoms with Crippen LogP contribution in [0.3, 0.4) is 0 Å². The lowest BCUT2D eigenvalue weighted by Gasteiger charge is -2.26. The number of fused-ring (bicyclic) bond motifs is 5. The third-order valence-corrected chi connectivity index (χ3v) is 11.5. The minimum Gasteiger partial charge on any atom is -0.455 e. The van der Waals surface area contributed by atoms with Crippen LogP contribution in [0.15, 0.2) is 229 Å². The lowest BCUT2D eigenvalue weighted by molar-refractivity contribution is 0.670. The molecule has 0 unspecified atom stereocenters. The second kappa shape index (κ2) is 14.1. The largest absolute Gasteiger partial charge is 0.455 e. The predicted octanol–water partition coefficient (Wildman–Crippen LogP) is 16.0. The van der Waals surface area contributed by atoms with E-state index in [1.807, 2.05) is 12.1 Å². The summed E-state index contributed by atoms with van der Waals surface area (Å²) in [5, 5.41) is 7.26. The van der Waals surface area contributed by atoms with Crippen LogP contribution in [0.2, 0.25) is 0 Å². The van der Waals surface area contributed by atoms with Gasteiger partial charge in [0.1, 0.15) is 11.2 Å². The SMILES string of the molecule is c1cc(-c2cccc3ccccc23)cc(N(c2ccc(-c3ccc(-c4ccc5ccccc5c4)cc3)cc2)c2ccc(-c3cccc4c3oc3ccccc34)cc2)c1. The van der Waals surface area contributed by atoms with Crippen molar-refractivity contribution >= 4 is 60.5 Å². The standard InChI is InChI=1S/C56H37NO/c1-2-12-44-36-45(27-26-38(44)10-1)41-24-22-39(23-25-41)40-28-32-47(33-29-40)57(49-15-7-14-46(37-49)51-18-8-13-42-11-3-4-16-50(42)51)48-34-30-43(31-35-48)52-19-9-20-54-53-17-5-6-21-55(53)58-56(52)54/h1-37H. The Hall–Kier alpha value is -7.68. The molecule has 1 heterocycles. The number of anilines is 3. The van der Waals surface area contributed by atoms with E-state index in [0.29, 0.717) is 0 Å². The molecule has 2 heteroatoms. The van der Waals surface area contributed by atoms with Gasteiger partial charge in [-0.1, -0.05) is 176 Å². The fraction of sp³-hybridized carbons (Fsp3) is 0. The van der Waals surface area contributed by atoms with Crippen molar-refractivity contribution in [2.24, 2.45) is 0 Å². The van der Waals surface area contributed by atoms with Crippen molar-refractivity contribution in [1.82, 2.24) is 0 Å². The third kappa shape index (κ3) is 6.00. The van der Waals surface area contributed by atoms with Crippen LogP contribution in [-0.4, -0.2) is 0 Å². The van der Waals surface area contributed by atoms with Crippen LogP contribution in [0, 0.1) is 0 Å². The zero-order chi connectivity index (χ0) is 38.4. The first-order valence-electron chi connectivity index (χ1n) is 19.8. The molecule has 11 rings (SSSR count). The Balaban J connectivity index is 0.970. The number of furan rings is 1. The van der Waals surface area contributed by atoms with Crippen LogP contribution in [0.4, 0.5) is 17.1 Å². The lowest BCUT2D eigenvalue weighted by atomic mass is 9.97. The molecule has 0 spiro atoms. The average Bonchev–Trinajstić information content (AvgIpc) is 3.69. The molecule has 1 aromatic heterocycles. The maximum Gasteiger partial charge on any atom is 0.143 e. The van der Waals surface area contributed by atoms with Gasteiger partial charge in [-0.15, -0.1) is 0 Å². The number of benzene rings is 10. The molecule has 0 radical (unpaired) electrons. The number of para-hydroxylation sites is 2. The van der Waals surface area contributed by atoms with Crippen molar-refractivity contribution in [2.75, 3.05) is 4.90 Å². The van der Waals surface area contributed by atoms with Crippen molar-refractivity contribution in [3.05, 3.63) is 224 Å². The van der Waals surface area contributed by atoms with Gasteiger partial charge in [0.05, 0.1) is 0 Å². The van der Waals surface area contributed by atoms with E-state index in [1.165, 1.54) is 54.9 Å². The van der Waals surface area contributed by atoms with Crippen molar-refractivity contribution < 1.29 is 4.42 Å². The molecular formula is C56H37NO. The van der Waals surface area contributed by atoms with E-state index in [2.05, 4.69) is 217 Å². The van der Waals surface area contributed by atoms with E-state index < -0.39 is 0 Å². The highest BCUT2D eigenvalue weighted by atomic mass is 16.3. The zero-order valence-electron chi connectivity index (χ0n) is 31.7. The van der Waals surface area contributed by atoms with E-state index >= 15 is 0 Å². The molecule has 0 aliphatic heterocycles. The fourth-order valence-electron chi connectivity index (χ4n) is 8.53. The number of hydrogen-bond acceptors (Lipinski definition) is 2. The lowest BCUT2D eigenvalue weighted by Crippen LogP contribution is -2.10. The first-order valence-corrected chi connectivity index (χ1v) is 19.8. The summed E-state index contributed by atoms with van der Waals surface area (Å²) in [7, 11) is 0. The number of hydrogen-bond donors (Lipinski definition) is 0. The summed E-state index contributed by atoms with van der Waals surface area (Å²) in [6.45, 7) is 0. The van der Waals surface area contributed by atoms with Crippen molar-refractivity contribution in [3.63, 3.8) is 0 Å². The summed E-state index contributed by atoms with van der Waals surface area (Å²) in [4.78, 5) is 2.35. The topological polar surface area (TPSA) is 16.4 Å². The van der Waals surface area contributed by atoms with Gasteiger partial charge in [-0.3, -0.25) is 0 Å². The van der Waals surface area contributed by atoms with Gasteiger partial charge in [0.15, 0.2) is 0 Å². The maximum absolute atomic E-state index is 6.42. The summed E-state index contributed by atoms with van der Waals surface area (Å²) in [6, 6.07) is 80.7. The van der Waals surface area contributed by atoms with Crippen LogP contribution in [0.1, 0.15) is 0 Å². The minimum atomic E-state index is 0.906. The predicted molar refractivity (Wildman–Crippen MR) is 245 cm³/mol. The van der Waals surface area contributed by atoms with Crippen molar-refractivity contribution in [1.29, 1.82) is 0 Å². The molecule has 11 aromatic rings. The van der Waals surface area contributed by atoms with Crippen LogP contribution in [-0.2, 0) is 0 Å². The minimum absolute atomic E-state index is 0.906. The molecule has 0 saturated carbocycles. The molecule has 272 valence electrons. The third-order valence-electron chi connectivity index (χ3n) is 11.5. The van der Waals surface area contributed by atoms with Gasteiger partial charge in [-0.05, 0) is 109 Å². The zero-order valence-corrected chi connectivity index (χ0v) is 31.7. The molecule has 0 bridgehead atoms. The van der Waals surface area contributed by atoms with Gasteiger partial charge >= 0.3 is 0 Å². The summed E-state index contributed by atoms with van der Waals surface area (Å²) in [5.41, 5.74) is 14.4. The molecule has 0 fully saturated rings. The molecule has 0 aliphatic rings. The smallest absolute Gasteiger partial charge is 0.143 e. The van der Waals surface area contributed by atoms with Crippen molar-refractivity contribution in [2.45, 2.75) is 0 Å². The Morgan fingerprint density at radius 2 is 0.810 bits per heavy atom. The Labute approximate surface area is 337 Å². The summed E-state index contributed by atoms with van der Waals surface area (Å²) in [6.07, 6.45) is 0. The van der Waals surface area contributed by atoms with Crippen LogP contribution in [0.5, 0.6) is 0 Å². The first kappa shape index (κ1) is 33.6. The van der Waals surface area contributed by atoms with E-state index in [4.69, 9.17) is 4.42 Å². The highest BCUT2D eigenvalue weighted by Gasteiger charge is 2.17. The normalized spacial score (nSPS) is 11.4. The van der Waals surface area contributed by atoms with Gasteiger partial charge in [0, 0.05) is 33.4 Å². The molecule has 0 N–H and O–H groups in total. The molecule has 0 aliphatic carbocycles. The summed E-state index contributed by atoms with van der Waals surface area (Å²) in [5.74, 6) is 0. The molecule has 0 amide bonds. The van der Waals surface area contributed by atoms with Gasteiger partial charge < -0.3 is 9.32 Å². The Kier molecular flexibility index (Phi) is 8.19. The number of rotatable bonds is 7. The van der Waals surface area contributed by atoms with Crippen LogP contribution in [0.25, 0.3) is 88.0 Å². The van der Waals surface area contributed by atoms with Crippen LogP contribution < -0.4 is 4.90 Å². The molecule has 0 saturated heterocycles. The summed E-state index contributed by atoms with van der Waals surface area (Å²) < 4.78 is 6.42. The molecule has 0 atom stereocenters. The highest BCUT2D eigenvalue weighted by molar-refractivity contribution is 6.09. The first-order chi connectivity index (χ1) is 28.7. The molecular weight excluding hydrogens is 703 g/mol. The fourth-order valence-corrected chi connectivity index (χ4v) is 8.53. The summed E-state index contributed by atoms with van der Waals surface area (Å²) >= 11 is 0. The van der Waals surface area contributed by atoms with Gasteiger partial charge in [0.25, 0.3) is 0 Å². The average molecular weight is 740 g/mol. The van der Waals surface area contributed by atoms with Gasteiger partial charge in [0.2, 0.25) is 0 Å². The van der Waals surface area contributed by atoms with E-state index in [0.717, 1.165) is 50.1 Å². The number of nitrogens with zero attached hydrogens (tertiary/aromatic N) is 1.